The van der Waals surface area contributed by atoms with Crippen molar-refractivity contribution in [3.05, 3.63) is 63.7 Å². The standard InChI is InChI=1S/C21H25ClO2/c1-6-13(2)18(19-14(3)8-7-11-21(19,4)5)16-10-9-15(20(23)24)12-17(16)22/h6,9-10,12H,1,7-8,11H2,2-5H3,(H,23,24). The fourth-order valence-corrected chi connectivity index (χ4v) is 3.95. The van der Waals surface area contributed by atoms with Crippen molar-refractivity contribution in [2.45, 2.75) is 47.0 Å². The summed E-state index contributed by atoms with van der Waals surface area (Å²) in [7, 11) is 0. The molecule has 1 aromatic rings. The fraction of sp³-hybridized carbons (Fsp3) is 0.381. The number of hydrogen-bond donors (Lipinski definition) is 1. The lowest BCUT2D eigenvalue weighted by atomic mass is 9.68. The van der Waals surface area contributed by atoms with Gasteiger partial charge in [0.05, 0.1) is 5.56 Å². The Hall–Kier alpha value is -1.80. The first-order valence-corrected chi connectivity index (χ1v) is 8.64. The topological polar surface area (TPSA) is 37.3 Å². The van der Waals surface area contributed by atoms with Gasteiger partial charge in [-0.1, -0.05) is 49.7 Å². The number of aromatic carboxylic acids is 1. The third-order valence-electron chi connectivity index (χ3n) is 4.89. The Morgan fingerprint density at radius 2 is 2.04 bits per heavy atom. The number of carboxylic acid groups (broad SMARTS) is 1. The summed E-state index contributed by atoms with van der Waals surface area (Å²) < 4.78 is 0. The maximum Gasteiger partial charge on any atom is 0.335 e. The molecule has 1 aliphatic rings. The Morgan fingerprint density at radius 3 is 2.54 bits per heavy atom. The molecular weight excluding hydrogens is 320 g/mol. The minimum absolute atomic E-state index is 0.0523. The molecule has 1 aromatic carbocycles. The van der Waals surface area contributed by atoms with Crippen molar-refractivity contribution in [3.63, 3.8) is 0 Å². The maximum atomic E-state index is 11.2. The number of carboxylic acids is 1. The number of benzene rings is 1. The molecule has 0 amide bonds. The zero-order valence-electron chi connectivity index (χ0n) is 14.9. The SMILES string of the molecule is C=CC(C)=C(C1=C(C)CCCC1(C)C)c1ccc(C(=O)O)cc1Cl. The second-order valence-electron chi connectivity index (χ2n) is 7.15. The molecule has 0 spiro atoms. The first-order valence-electron chi connectivity index (χ1n) is 8.26. The van der Waals surface area contributed by atoms with Gasteiger partial charge in [-0.2, -0.15) is 0 Å². The van der Waals surface area contributed by atoms with Crippen LogP contribution in [0.1, 0.15) is 62.9 Å². The van der Waals surface area contributed by atoms with E-state index in [4.69, 9.17) is 11.6 Å². The van der Waals surface area contributed by atoms with Crippen LogP contribution in [-0.4, -0.2) is 11.1 Å². The highest BCUT2D eigenvalue weighted by molar-refractivity contribution is 6.33. The molecule has 1 aliphatic carbocycles. The van der Waals surface area contributed by atoms with Crippen LogP contribution in [0.2, 0.25) is 5.02 Å². The summed E-state index contributed by atoms with van der Waals surface area (Å²) in [5.74, 6) is -0.970. The van der Waals surface area contributed by atoms with Crippen LogP contribution in [0.25, 0.3) is 5.57 Å². The lowest BCUT2D eigenvalue weighted by molar-refractivity contribution is 0.0697. The van der Waals surface area contributed by atoms with Crippen LogP contribution in [0.3, 0.4) is 0 Å². The largest absolute Gasteiger partial charge is 0.478 e. The molecule has 0 heterocycles. The molecular formula is C21H25ClO2. The summed E-state index contributed by atoms with van der Waals surface area (Å²) >= 11 is 6.47. The van der Waals surface area contributed by atoms with E-state index >= 15 is 0 Å². The van der Waals surface area contributed by atoms with E-state index in [-0.39, 0.29) is 11.0 Å². The number of rotatable bonds is 4. The van der Waals surface area contributed by atoms with Gasteiger partial charge in [0.25, 0.3) is 0 Å². The summed E-state index contributed by atoms with van der Waals surface area (Å²) in [4.78, 5) is 11.2. The summed E-state index contributed by atoms with van der Waals surface area (Å²) in [5.41, 5.74) is 5.98. The zero-order chi connectivity index (χ0) is 18.1. The second-order valence-corrected chi connectivity index (χ2v) is 7.56. The third-order valence-corrected chi connectivity index (χ3v) is 5.21. The maximum absolute atomic E-state index is 11.2. The molecule has 0 bridgehead atoms. The molecule has 2 nitrogen and oxygen atoms in total. The molecule has 128 valence electrons. The average Bonchev–Trinajstić information content (AvgIpc) is 2.50. The zero-order valence-corrected chi connectivity index (χ0v) is 15.6. The average molecular weight is 345 g/mol. The second kappa shape index (κ2) is 6.98. The normalized spacial score (nSPS) is 18.2. The van der Waals surface area contributed by atoms with E-state index in [1.165, 1.54) is 23.6 Å². The molecule has 0 unspecified atom stereocenters. The van der Waals surface area contributed by atoms with E-state index in [0.717, 1.165) is 29.6 Å². The quantitative estimate of drug-likeness (QED) is 0.631. The van der Waals surface area contributed by atoms with Crippen molar-refractivity contribution >= 4 is 23.1 Å². The first kappa shape index (κ1) is 18.5. The van der Waals surface area contributed by atoms with Gasteiger partial charge in [-0.3, -0.25) is 0 Å². The monoisotopic (exact) mass is 344 g/mol. The van der Waals surface area contributed by atoms with Crippen LogP contribution in [0.4, 0.5) is 0 Å². The molecule has 0 radical (unpaired) electrons. The Kier molecular flexibility index (Phi) is 5.39. The minimum atomic E-state index is -0.970. The Balaban J connectivity index is 2.73. The van der Waals surface area contributed by atoms with Gasteiger partial charge in [-0.15, -0.1) is 0 Å². The van der Waals surface area contributed by atoms with Crippen molar-refractivity contribution in [3.8, 4) is 0 Å². The number of halogens is 1. The molecule has 0 aliphatic heterocycles. The predicted molar refractivity (Wildman–Crippen MR) is 102 cm³/mol. The summed E-state index contributed by atoms with van der Waals surface area (Å²) in [5, 5.41) is 9.64. The molecule has 0 atom stereocenters. The Bertz CT molecular complexity index is 751. The van der Waals surface area contributed by atoms with Gasteiger partial charge in [0.2, 0.25) is 0 Å². The van der Waals surface area contributed by atoms with Crippen molar-refractivity contribution in [2.75, 3.05) is 0 Å². The van der Waals surface area contributed by atoms with Crippen LogP contribution in [0, 0.1) is 5.41 Å². The third kappa shape index (κ3) is 3.49. The number of carbonyl (C=O) groups is 1. The van der Waals surface area contributed by atoms with Crippen LogP contribution in [-0.2, 0) is 0 Å². The highest BCUT2D eigenvalue weighted by Gasteiger charge is 2.32. The molecule has 0 fully saturated rings. The first-order chi connectivity index (χ1) is 11.2. The van der Waals surface area contributed by atoms with Gasteiger partial charge < -0.3 is 5.11 Å². The van der Waals surface area contributed by atoms with E-state index in [9.17, 15) is 9.90 Å². The lowest BCUT2D eigenvalue weighted by Crippen LogP contribution is -2.22. The Labute approximate surface area is 149 Å². The Morgan fingerprint density at radius 1 is 1.38 bits per heavy atom. The summed E-state index contributed by atoms with van der Waals surface area (Å²) in [6, 6.07) is 4.96. The smallest absolute Gasteiger partial charge is 0.335 e. The molecule has 2 rings (SSSR count). The van der Waals surface area contributed by atoms with E-state index in [0.29, 0.717) is 5.02 Å². The van der Waals surface area contributed by atoms with Gasteiger partial charge in [-0.25, -0.2) is 4.79 Å². The van der Waals surface area contributed by atoms with E-state index in [1.54, 1.807) is 6.07 Å². The van der Waals surface area contributed by atoms with E-state index < -0.39 is 5.97 Å². The molecule has 24 heavy (non-hydrogen) atoms. The fourth-order valence-electron chi connectivity index (χ4n) is 3.67. The predicted octanol–water partition coefficient (Wildman–Crippen LogP) is 6.52. The molecule has 0 aromatic heterocycles. The molecule has 3 heteroatoms. The van der Waals surface area contributed by atoms with Gasteiger partial charge in [-0.05, 0) is 67.4 Å². The van der Waals surface area contributed by atoms with Crippen LogP contribution < -0.4 is 0 Å². The minimum Gasteiger partial charge on any atom is -0.478 e. The van der Waals surface area contributed by atoms with Crippen LogP contribution >= 0.6 is 11.6 Å². The van der Waals surface area contributed by atoms with Gasteiger partial charge in [0.1, 0.15) is 0 Å². The molecule has 1 N–H and O–H groups in total. The highest BCUT2D eigenvalue weighted by atomic mass is 35.5. The lowest BCUT2D eigenvalue weighted by Gasteiger charge is -2.37. The van der Waals surface area contributed by atoms with Gasteiger partial charge in [0.15, 0.2) is 0 Å². The van der Waals surface area contributed by atoms with E-state index in [2.05, 4.69) is 27.4 Å². The summed E-state index contributed by atoms with van der Waals surface area (Å²) in [6.07, 6.45) is 5.24. The molecule has 0 saturated heterocycles. The van der Waals surface area contributed by atoms with Gasteiger partial charge >= 0.3 is 5.97 Å². The van der Waals surface area contributed by atoms with Crippen molar-refractivity contribution in [2.24, 2.45) is 5.41 Å². The van der Waals surface area contributed by atoms with Crippen LogP contribution in [0.5, 0.6) is 0 Å². The van der Waals surface area contributed by atoms with Crippen molar-refractivity contribution < 1.29 is 9.90 Å². The van der Waals surface area contributed by atoms with E-state index in [1.807, 2.05) is 19.1 Å². The van der Waals surface area contributed by atoms with Crippen molar-refractivity contribution in [1.29, 1.82) is 0 Å². The number of hydrogen-bond acceptors (Lipinski definition) is 1. The molecule has 0 saturated carbocycles. The van der Waals surface area contributed by atoms with Crippen LogP contribution in [0.15, 0.2) is 47.6 Å². The van der Waals surface area contributed by atoms with Gasteiger partial charge in [0, 0.05) is 10.6 Å². The summed E-state index contributed by atoms with van der Waals surface area (Å²) in [6.45, 7) is 12.7. The highest BCUT2D eigenvalue weighted by Crippen LogP contribution is 2.48. The number of allylic oxidation sites excluding steroid dienone is 5. The van der Waals surface area contributed by atoms with Crippen molar-refractivity contribution in [1.82, 2.24) is 0 Å².